The molecule has 0 bridgehead atoms. The average molecular weight is 452 g/mol. The Morgan fingerprint density at radius 3 is 2.32 bits per heavy atom. The summed E-state index contributed by atoms with van der Waals surface area (Å²) in [5.41, 5.74) is 6.30. The van der Waals surface area contributed by atoms with Crippen molar-refractivity contribution in [3.8, 4) is 0 Å². The van der Waals surface area contributed by atoms with Crippen molar-refractivity contribution < 1.29 is 0 Å². The van der Waals surface area contributed by atoms with Crippen LogP contribution in [0.25, 0.3) is 0 Å². The number of aliphatic imine (C=N–C) groups is 1. The van der Waals surface area contributed by atoms with Crippen LogP contribution >= 0.6 is 24.0 Å². The van der Waals surface area contributed by atoms with Crippen molar-refractivity contribution in [1.29, 1.82) is 0 Å². The molecule has 0 fully saturated rings. The maximum Gasteiger partial charge on any atom is 0.191 e. The van der Waals surface area contributed by atoms with Crippen LogP contribution in [0.1, 0.15) is 22.3 Å². The lowest BCUT2D eigenvalue weighted by molar-refractivity contribution is 0.805. The van der Waals surface area contributed by atoms with E-state index in [4.69, 9.17) is 0 Å². The molecule has 0 aliphatic heterocycles. The van der Waals surface area contributed by atoms with Gasteiger partial charge in [0.15, 0.2) is 5.96 Å². The Hall–Kier alpha value is -1.76. The van der Waals surface area contributed by atoms with E-state index in [1.54, 1.807) is 7.05 Å². The number of nitrogens with zero attached hydrogens (tertiary/aromatic N) is 2. The van der Waals surface area contributed by atoms with Crippen LogP contribution in [0.2, 0.25) is 0 Å². The first kappa shape index (κ1) is 21.3. The minimum absolute atomic E-state index is 0. The summed E-state index contributed by atoms with van der Waals surface area (Å²) >= 11 is 0. The number of anilines is 1. The number of hydrogen-bond acceptors (Lipinski definition) is 2. The number of hydrogen-bond donors (Lipinski definition) is 2. The van der Waals surface area contributed by atoms with Crippen molar-refractivity contribution in [1.82, 2.24) is 10.6 Å². The fourth-order valence-corrected chi connectivity index (χ4v) is 2.56. The number of rotatable bonds is 5. The molecule has 0 aromatic heterocycles. The Labute approximate surface area is 168 Å². The number of halogens is 1. The first-order chi connectivity index (χ1) is 11.5. The summed E-state index contributed by atoms with van der Waals surface area (Å²) in [7, 11) is 5.92. The van der Waals surface area contributed by atoms with Crippen molar-refractivity contribution >= 4 is 35.6 Å². The molecule has 0 aliphatic carbocycles. The van der Waals surface area contributed by atoms with Crippen molar-refractivity contribution in [3.05, 3.63) is 64.7 Å². The normalized spacial score (nSPS) is 10.8. The van der Waals surface area contributed by atoms with Gasteiger partial charge in [-0.1, -0.05) is 35.9 Å². The monoisotopic (exact) mass is 452 g/mol. The number of nitrogens with one attached hydrogen (secondary N) is 2. The molecule has 2 N–H and O–H groups in total. The zero-order chi connectivity index (χ0) is 17.5. The predicted octanol–water partition coefficient (Wildman–Crippen LogP) is 3.85. The highest BCUT2D eigenvalue weighted by Crippen LogP contribution is 2.17. The highest BCUT2D eigenvalue weighted by Gasteiger charge is 2.04. The Morgan fingerprint density at radius 2 is 1.72 bits per heavy atom. The van der Waals surface area contributed by atoms with E-state index in [2.05, 4.69) is 90.9 Å². The van der Waals surface area contributed by atoms with E-state index >= 15 is 0 Å². The molecule has 136 valence electrons. The van der Waals surface area contributed by atoms with Crippen molar-refractivity contribution in [2.45, 2.75) is 26.9 Å². The average Bonchev–Trinajstić information content (AvgIpc) is 2.56. The minimum atomic E-state index is 0. The van der Waals surface area contributed by atoms with Gasteiger partial charge in [0.05, 0.1) is 0 Å². The number of aryl methyl sites for hydroxylation is 2. The molecule has 0 spiro atoms. The van der Waals surface area contributed by atoms with Crippen LogP contribution in [0.3, 0.4) is 0 Å². The zero-order valence-electron chi connectivity index (χ0n) is 15.8. The molecule has 2 aromatic rings. The number of benzene rings is 2. The van der Waals surface area contributed by atoms with Crippen LogP contribution in [0, 0.1) is 13.8 Å². The van der Waals surface area contributed by atoms with Gasteiger partial charge in [-0.2, -0.15) is 0 Å². The van der Waals surface area contributed by atoms with Gasteiger partial charge in [0.25, 0.3) is 0 Å². The summed E-state index contributed by atoms with van der Waals surface area (Å²) in [5, 5.41) is 6.75. The van der Waals surface area contributed by atoms with Gasteiger partial charge in [0, 0.05) is 39.9 Å². The van der Waals surface area contributed by atoms with Crippen LogP contribution in [-0.2, 0) is 13.1 Å². The fraction of sp³-hybridized carbons (Fsp3) is 0.350. The smallest absolute Gasteiger partial charge is 0.191 e. The van der Waals surface area contributed by atoms with E-state index < -0.39 is 0 Å². The first-order valence-corrected chi connectivity index (χ1v) is 8.26. The van der Waals surface area contributed by atoms with Gasteiger partial charge in [-0.05, 0) is 42.7 Å². The molecule has 0 aliphatic rings. The molecule has 0 saturated carbocycles. The second-order valence-corrected chi connectivity index (χ2v) is 6.27. The quantitative estimate of drug-likeness (QED) is 0.411. The maximum absolute atomic E-state index is 4.30. The zero-order valence-corrected chi connectivity index (χ0v) is 18.1. The van der Waals surface area contributed by atoms with Gasteiger partial charge in [-0.3, -0.25) is 4.99 Å². The summed E-state index contributed by atoms with van der Waals surface area (Å²) in [6.07, 6.45) is 0. The summed E-state index contributed by atoms with van der Waals surface area (Å²) < 4.78 is 0. The van der Waals surface area contributed by atoms with E-state index in [9.17, 15) is 0 Å². The highest BCUT2D eigenvalue weighted by atomic mass is 127. The van der Waals surface area contributed by atoms with Crippen molar-refractivity contribution in [2.24, 2.45) is 4.99 Å². The lowest BCUT2D eigenvalue weighted by atomic mass is 10.1. The summed E-state index contributed by atoms with van der Waals surface area (Å²) in [4.78, 5) is 6.42. The molecule has 0 radical (unpaired) electrons. The fourth-order valence-electron chi connectivity index (χ4n) is 2.56. The van der Waals surface area contributed by atoms with E-state index in [1.165, 1.54) is 27.9 Å². The van der Waals surface area contributed by atoms with Crippen LogP contribution in [0.5, 0.6) is 0 Å². The lowest BCUT2D eigenvalue weighted by Crippen LogP contribution is -2.36. The Balaban J connectivity index is 0.00000312. The van der Waals surface area contributed by atoms with Gasteiger partial charge in [0.2, 0.25) is 0 Å². The van der Waals surface area contributed by atoms with Crippen LogP contribution in [-0.4, -0.2) is 27.1 Å². The third-order valence-electron chi connectivity index (χ3n) is 4.05. The predicted molar refractivity (Wildman–Crippen MR) is 119 cm³/mol. The molecule has 25 heavy (non-hydrogen) atoms. The second-order valence-electron chi connectivity index (χ2n) is 6.27. The van der Waals surface area contributed by atoms with E-state index in [0.717, 1.165) is 19.0 Å². The van der Waals surface area contributed by atoms with Crippen LogP contribution < -0.4 is 15.5 Å². The first-order valence-electron chi connectivity index (χ1n) is 8.26. The van der Waals surface area contributed by atoms with Gasteiger partial charge >= 0.3 is 0 Å². The van der Waals surface area contributed by atoms with Crippen LogP contribution in [0.15, 0.2) is 47.5 Å². The second kappa shape index (κ2) is 10.3. The van der Waals surface area contributed by atoms with Gasteiger partial charge in [0.1, 0.15) is 0 Å². The molecule has 0 unspecified atom stereocenters. The third-order valence-corrected chi connectivity index (χ3v) is 4.05. The molecule has 2 aromatic carbocycles. The molecule has 0 heterocycles. The summed E-state index contributed by atoms with van der Waals surface area (Å²) in [5.74, 6) is 0.813. The molecule has 2 rings (SSSR count). The molecule has 4 nitrogen and oxygen atoms in total. The Kier molecular flexibility index (Phi) is 8.75. The number of guanidine groups is 1. The van der Waals surface area contributed by atoms with Gasteiger partial charge < -0.3 is 15.5 Å². The Morgan fingerprint density at radius 1 is 1.00 bits per heavy atom. The van der Waals surface area contributed by atoms with E-state index in [0.29, 0.717) is 0 Å². The molecule has 0 saturated heterocycles. The standard InChI is InChI=1S/C20H28N4.HI/c1-15-7-6-8-17(11-15)13-22-20(21-3)23-14-18-9-10-19(24(4)5)12-16(18)2;/h6-12H,13-14H2,1-5H3,(H2,21,22,23);1H. The highest BCUT2D eigenvalue weighted by molar-refractivity contribution is 14.0. The third kappa shape index (κ3) is 6.57. The summed E-state index contributed by atoms with van der Waals surface area (Å²) in [6.45, 7) is 5.77. The van der Waals surface area contributed by atoms with Crippen molar-refractivity contribution in [3.63, 3.8) is 0 Å². The molecule has 0 atom stereocenters. The van der Waals surface area contributed by atoms with Crippen LogP contribution in [0.4, 0.5) is 5.69 Å². The van der Waals surface area contributed by atoms with E-state index in [-0.39, 0.29) is 24.0 Å². The van der Waals surface area contributed by atoms with Gasteiger partial charge in [-0.15, -0.1) is 24.0 Å². The molecular weight excluding hydrogens is 423 g/mol. The largest absolute Gasteiger partial charge is 0.378 e. The topological polar surface area (TPSA) is 39.7 Å². The van der Waals surface area contributed by atoms with Crippen molar-refractivity contribution in [2.75, 3.05) is 26.0 Å². The SMILES string of the molecule is CN=C(NCc1cccc(C)c1)NCc1ccc(N(C)C)cc1C.I. The maximum atomic E-state index is 4.30. The summed E-state index contributed by atoms with van der Waals surface area (Å²) in [6, 6.07) is 15.0. The van der Waals surface area contributed by atoms with E-state index in [1.807, 2.05) is 0 Å². The lowest BCUT2D eigenvalue weighted by Gasteiger charge is -2.16. The Bertz CT molecular complexity index is 711. The molecule has 0 amide bonds. The van der Waals surface area contributed by atoms with Gasteiger partial charge in [-0.25, -0.2) is 0 Å². The molecule has 5 heteroatoms. The molecular formula is C20H29IN4. The minimum Gasteiger partial charge on any atom is -0.378 e.